The maximum absolute atomic E-state index is 11.7. The Kier molecular flexibility index (Phi) is 2.00. The summed E-state index contributed by atoms with van der Waals surface area (Å²) in [7, 11) is 0. The fraction of sp³-hybridized carbons (Fsp3) is 0.400. The van der Waals surface area contributed by atoms with Crippen LogP contribution < -0.4 is 4.74 Å². The van der Waals surface area contributed by atoms with Crippen LogP contribution in [-0.2, 0) is 0 Å². The number of carbonyl (C=O) groups excluding carboxylic acids is 1. The van der Waals surface area contributed by atoms with E-state index in [0.29, 0.717) is 22.9 Å². The van der Waals surface area contributed by atoms with Crippen molar-refractivity contribution in [2.24, 2.45) is 0 Å². The van der Waals surface area contributed by atoms with Gasteiger partial charge in [-0.25, -0.2) is 4.98 Å². The molecule has 0 atom stereocenters. The molecule has 0 fully saturated rings. The number of carbonyl (C=O) groups is 1. The quantitative estimate of drug-likeness (QED) is 0.619. The van der Waals surface area contributed by atoms with Gasteiger partial charge in [-0.05, 0) is 19.9 Å². The molecule has 0 bridgehead atoms. The lowest BCUT2D eigenvalue weighted by Crippen LogP contribution is -2.35. The lowest BCUT2D eigenvalue weighted by atomic mass is 9.94. The lowest BCUT2D eigenvalue weighted by Gasteiger charge is -2.31. The van der Waals surface area contributed by atoms with E-state index in [1.165, 1.54) is 6.20 Å². The SMILES string of the molecule is CC1(C)CC(=O)c2cc(Cl)ncc2O1. The third-order valence-electron chi connectivity index (χ3n) is 2.11. The molecule has 1 aliphatic heterocycles. The first kappa shape index (κ1) is 9.46. The van der Waals surface area contributed by atoms with Crippen LogP contribution >= 0.6 is 11.6 Å². The molecule has 0 aromatic carbocycles. The number of aromatic nitrogens is 1. The molecule has 1 aliphatic rings. The van der Waals surface area contributed by atoms with Gasteiger partial charge in [0.05, 0.1) is 18.2 Å². The van der Waals surface area contributed by atoms with Crippen LogP contribution in [0.3, 0.4) is 0 Å². The van der Waals surface area contributed by atoms with Crippen molar-refractivity contribution in [3.8, 4) is 5.75 Å². The van der Waals surface area contributed by atoms with Gasteiger partial charge in [-0.1, -0.05) is 11.6 Å². The minimum atomic E-state index is -0.445. The molecule has 0 N–H and O–H groups in total. The molecule has 14 heavy (non-hydrogen) atoms. The third-order valence-corrected chi connectivity index (χ3v) is 2.31. The number of Topliss-reactive ketones (excluding diaryl/α,β-unsaturated/α-hetero) is 1. The maximum atomic E-state index is 11.7. The lowest BCUT2D eigenvalue weighted by molar-refractivity contribution is 0.0617. The second-order valence-electron chi connectivity index (χ2n) is 3.96. The Morgan fingerprint density at radius 1 is 1.57 bits per heavy atom. The highest BCUT2D eigenvalue weighted by molar-refractivity contribution is 6.29. The van der Waals surface area contributed by atoms with Gasteiger partial charge in [-0.3, -0.25) is 4.79 Å². The summed E-state index contributed by atoms with van der Waals surface area (Å²) in [6, 6.07) is 1.55. The highest BCUT2D eigenvalue weighted by Crippen LogP contribution is 2.33. The highest BCUT2D eigenvalue weighted by Gasteiger charge is 2.32. The molecule has 2 heterocycles. The number of pyridine rings is 1. The van der Waals surface area contributed by atoms with Crippen LogP contribution in [0.2, 0.25) is 5.15 Å². The summed E-state index contributed by atoms with van der Waals surface area (Å²) in [6.45, 7) is 3.75. The van der Waals surface area contributed by atoms with Crippen molar-refractivity contribution >= 4 is 17.4 Å². The van der Waals surface area contributed by atoms with Gasteiger partial charge in [-0.2, -0.15) is 0 Å². The van der Waals surface area contributed by atoms with Gasteiger partial charge >= 0.3 is 0 Å². The second kappa shape index (κ2) is 2.95. The number of hydrogen-bond acceptors (Lipinski definition) is 3. The van der Waals surface area contributed by atoms with Crippen molar-refractivity contribution in [3.63, 3.8) is 0 Å². The highest BCUT2D eigenvalue weighted by atomic mass is 35.5. The molecule has 0 saturated carbocycles. The van der Waals surface area contributed by atoms with E-state index in [1.54, 1.807) is 6.07 Å². The molecule has 0 amide bonds. The molecule has 3 nitrogen and oxygen atoms in total. The molecule has 0 unspecified atom stereocenters. The molecular weight excluding hydrogens is 202 g/mol. The Balaban J connectivity index is 2.50. The first-order chi connectivity index (χ1) is 6.48. The van der Waals surface area contributed by atoms with Gasteiger partial charge in [-0.15, -0.1) is 0 Å². The van der Waals surface area contributed by atoms with E-state index in [9.17, 15) is 4.79 Å². The molecule has 74 valence electrons. The first-order valence-electron chi connectivity index (χ1n) is 4.36. The van der Waals surface area contributed by atoms with Gasteiger partial charge in [0.25, 0.3) is 0 Å². The second-order valence-corrected chi connectivity index (χ2v) is 4.35. The Bertz CT molecular complexity index is 401. The largest absolute Gasteiger partial charge is 0.485 e. The van der Waals surface area contributed by atoms with Crippen LogP contribution in [0.5, 0.6) is 5.75 Å². The predicted octanol–water partition coefficient (Wildman–Crippen LogP) is 2.48. The van der Waals surface area contributed by atoms with Gasteiger partial charge in [0.1, 0.15) is 16.5 Å². The average molecular weight is 212 g/mol. The number of ketones is 1. The summed E-state index contributed by atoms with van der Waals surface area (Å²) < 4.78 is 5.60. The molecule has 4 heteroatoms. The number of hydrogen-bond donors (Lipinski definition) is 0. The Morgan fingerprint density at radius 3 is 3.00 bits per heavy atom. The first-order valence-corrected chi connectivity index (χ1v) is 4.73. The minimum absolute atomic E-state index is 0.0561. The predicted molar refractivity (Wildman–Crippen MR) is 52.9 cm³/mol. The zero-order chi connectivity index (χ0) is 10.3. The molecule has 0 saturated heterocycles. The number of fused-ring (bicyclic) bond motifs is 1. The molecule has 2 rings (SSSR count). The summed E-state index contributed by atoms with van der Waals surface area (Å²) >= 11 is 5.69. The normalized spacial score (nSPS) is 18.6. The fourth-order valence-electron chi connectivity index (χ4n) is 1.53. The van der Waals surface area contributed by atoms with E-state index in [2.05, 4.69) is 4.98 Å². The standard InChI is InChI=1S/C10H10ClNO2/c1-10(2)4-7(13)6-3-9(11)12-5-8(6)14-10/h3,5H,4H2,1-2H3. The van der Waals surface area contributed by atoms with Crippen molar-refractivity contribution in [2.45, 2.75) is 25.9 Å². The van der Waals surface area contributed by atoms with Crippen molar-refractivity contribution in [1.29, 1.82) is 0 Å². The third kappa shape index (κ3) is 1.60. The minimum Gasteiger partial charge on any atom is -0.485 e. The summed E-state index contributed by atoms with van der Waals surface area (Å²) in [6.07, 6.45) is 1.87. The van der Waals surface area contributed by atoms with Crippen LogP contribution in [0, 0.1) is 0 Å². The average Bonchev–Trinajstić information content (AvgIpc) is 2.05. The van der Waals surface area contributed by atoms with E-state index < -0.39 is 5.60 Å². The summed E-state index contributed by atoms with van der Waals surface area (Å²) in [5.74, 6) is 0.580. The van der Waals surface area contributed by atoms with Crippen LogP contribution in [0.15, 0.2) is 12.3 Å². The van der Waals surface area contributed by atoms with E-state index in [4.69, 9.17) is 16.3 Å². The van der Waals surface area contributed by atoms with Gasteiger partial charge in [0.15, 0.2) is 5.78 Å². The van der Waals surface area contributed by atoms with E-state index in [0.717, 1.165) is 0 Å². The monoisotopic (exact) mass is 211 g/mol. The molecule has 0 spiro atoms. The Morgan fingerprint density at radius 2 is 2.29 bits per heavy atom. The summed E-state index contributed by atoms with van der Waals surface area (Å²) in [4.78, 5) is 15.6. The molecule has 0 aliphatic carbocycles. The van der Waals surface area contributed by atoms with Crippen molar-refractivity contribution in [1.82, 2.24) is 4.98 Å². The smallest absolute Gasteiger partial charge is 0.170 e. The Labute approximate surface area is 87.0 Å². The van der Waals surface area contributed by atoms with Crippen LogP contribution in [0.1, 0.15) is 30.6 Å². The fourth-order valence-corrected chi connectivity index (χ4v) is 1.69. The summed E-state index contributed by atoms with van der Waals surface area (Å²) in [5.41, 5.74) is 0.0869. The van der Waals surface area contributed by atoms with E-state index >= 15 is 0 Å². The van der Waals surface area contributed by atoms with Crippen LogP contribution in [0.4, 0.5) is 0 Å². The van der Waals surface area contributed by atoms with Crippen LogP contribution in [0.25, 0.3) is 0 Å². The zero-order valence-electron chi connectivity index (χ0n) is 8.00. The molecule has 1 aromatic rings. The maximum Gasteiger partial charge on any atom is 0.170 e. The van der Waals surface area contributed by atoms with Gasteiger partial charge < -0.3 is 4.74 Å². The van der Waals surface area contributed by atoms with Crippen molar-refractivity contribution < 1.29 is 9.53 Å². The van der Waals surface area contributed by atoms with E-state index in [-0.39, 0.29) is 5.78 Å². The molecule has 0 radical (unpaired) electrons. The zero-order valence-corrected chi connectivity index (χ0v) is 8.76. The van der Waals surface area contributed by atoms with Crippen molar-refractivity contribution in [2.75, 3.05) is 0 Å². The van der Waals surface area contributed by atoms with E-state index in [1.807, 2.05) is 13.8 Å². The summed E-state index contributed by atoms with van der Waals surface area (Å²) in [5, 5.41) is 0.320. The number of nitrogens with zero attached hydrogens (tertiary/aromatic N) is 1. The molecule has 1 aromatic heterocycles. The topological polar surface area (TPSA) is 39.2 Å². The number of halogens is 1. The van der Waals surface area contributed by atoms with Gasteiger partial charge in [0.2, 0.25) is 0 Å². The van der Waals surface area contributed by atoms with Crippen molar-refractivity contribution in [3.05, 3.63) is 23.0 Å². The number of rotatable bonds is 0. The number of ether oxygens (including phenoxy) is 1. The molecular formula is C10H10ClNO2. The van der Waals surface area contributed by atoms with Gasteiger partial charge in [0, 0.05) is 0 Å². The Hall–Kier alpha value is -1.09. The van der Waals surface area contributed by atoms with Crippen LogP contribution in [-0.4, -0.2) is 16.4 Å².